The van der Waals surface area contributed by atoms with Crippen LogP contribution in [0.15, 0.2) is 41.3 Å². The van der Waals surface area contributed by atoms with E-state index in [0.29, 0.717) is 24.3 Å². The van der Waals surface area contributed by atoms with E-state index >= 15 is 0 Å². The van der Waals surface area contributed by atoms with E-state index in [2.05, 4.69) is 10.4 Å². The Morgan fingerprint density at radius 1 is 1.38 bits per heavy atom. The molecule has 1 saturated heterocycles. The molecule has 0 radical (unpaired) electrons. The molecule has 0 saturated carbocycles. The maximum absolute atomic E-state index is 12.4. The third kappa shape index (κ3) is 3.28. The molecule has 0 aliphatic carbocycles. The smallest absolute Gasteiger partial charge is 0.292 e. The first kappa shape index (κ1) is 16.5. The average Bonchev–Trinajstić information content (AvgIpc) is 3.08. The molecule has 24 heavy (non-hydrogen) atoms. The number of nitrogens with one attached hydrogen (secondary N) is 1. The van der Waals surface area contributed by atoms with E-state index in [0.717, 1.165) is 13.0 Å². The fraction of sp³-hybridized carbons (Fsp3) is 0.353. The summed E-state index contributed by atoms with van der Waals surface area (Å²) >= 11 is 6.24. The molecule has 1 aromatic heterocycles. The van der Waals surface area contributed by atoms with E-state index in [1.165, 1.54) is 4.68 Å². The molecule has 1 N–H and O–H groups in total. The number of anilines is 1. The molecule has 1 aliphatic rings. The van der Waals surface area contributed by atoms with Gasteiger partial charge in [0.15, 0.2) is 0 Å². The highest BCUT2D eigenvalue weighted by molar-refractivity contribution is 6.33. The van der Waals surface area contributed by atoms with E-state index < -0.39 is 0 Å². The summed E-state index contributed by atoms with van der Waals surface area (Å²) in [4.78, 5) is 26.0. The van der Waals surface area contributed by atoms with Crippen molar-refractivity contribution in [1.82, 2.24) is 14.7 Å². The van der Waals surface area contributed by atoms with E-state index in [9.17, 15) is 9.59 Å². The predicted molar refractivity (Wildman–Crippen MR) is 93.7 cm³/mol. The lowest BCUT2D eigenvalue weighted by molar-refractivity contribution is -0.129. The fourth-order valence-electron chi connectivity index (χ4n) is 2.83. The number of amides is 1. The summed E-state index contributed by atoms with van der Waals surface area (Å²) < 4.78 is 1.27. The molecule has 1 aliphatic heterocycles. The van der Waals surface area contributed by atoms with Crippen molar-refractivity contribution in [2.24, 2.45) is 0 Å². The monoisotopic (exact) mass is 346 g/mol. The van der Waals surface area contributed by atoms with Crippen LogP contribution in [-0.4, -0.2) is 39.7 Å². The number of nitrogens with zero attached hydrogens (tertiary/aromatic N) is 3. The van der Waals surface area contributed by atoms with Gasteiger partial charge in [-0.3, -0.25) is 9.59 Å². The number of hydrogen-bond donors (Lipinski definition) is 1. The molecule has 0 bridgehead atoms. The van der Waals surface area contributed by atoms with E-state index in [-0.39, 0.29) is 22.5 Å². The van der Waals surface area contributed by atoms with Crippen LogP contribution in [0.25, 0.3) is 5.69 Å². The molecule has 1 atom stereocenters. The molecular weight excluding hydrogens is 328 g/mol. The normalized spacial score (nSPS) is 17.1. The average molecular weight is 347 g/mol. The zero-order chi connectivity index (χ0) is 17.1. The third-order valence-corrected chi connectivity index (χ3v) is 4.49. The van der Waals surface area contributed by atoms with E-state index in [1.807, 2.05) is 30.0 Å². The largest absolute Gasteiger partial charge is 0.378 e. The van der Waals surface area contributed by atoms with Gasteiger partial charge in [-0.15, -0.1) is 0 Å². The summed E-state index contributed by atoms with van der Waals surface area (Å²) in [5.41, 5.74) is 0.800. The minimum atomic E-state index is -0.368. The summed E-state index contributed by atoms with van der Waals surface area (Å²) in [6.45, 7) is 3.19. The standard InChI is InChI=1S/C17H19ClN4O2/c1-2-15(23)21-9-8-12(11-21)20-14-10-19-22(17(24)16(14)18)13-6-4-3-5-7-13/h3-7,10,12,20H,2,8-9,11H2,1H3. The summed E-state index contributed by atoms with van der Waals surface area (Å²) in [5, 5.41) is 7.54. The van der Waals surface area contributed by atoms with Crippen molar-refractivity contribution in [2.45, 2.75) is 25.8 Å². The Labute approximate surface area is 145 Å². The Morgan fingerprint density at radius 3 is 2.83 bits per heavy atom. The van der Waals surface area contributed by atoms with Gasteiger partial charge >= 0.3 is 0 Å². The summed E-state index contributed by atoms with van der Waals surface area (Å²) in [5.74, 6) is 0.142. The topological polar surface area (TPSA) is 67.2 Å². The van der Waals surface area contributed by atoms with Crippen LogP contribution in [0.3, 0.4) is 0 Å². The molecule has 1 fully saturated rings. The van der Waals surface area contributed by atoms with Crippen LogP contribution in [0.5, 0.6) is 0 Å². The van der Waals surface area contributed by atoms with Gasteiger partial charge in [0.05, 0.1) is 17.6 Å². The summed E-state index contributed by atoms with van der Waals surface area (Å²) in [6, 6.07) is 9.21. The Balaban J connectivity index is 1.78. The van der Waals surface area contributed by atoms with Crippen LogP contribution in [0.1, 0.15) is 19.8 Å². The second-order valence-corrected chi connectivity index (χ2v) is 6.13. The van der Waals surface area contributed by atoms with Crippen LogP contribution >= 0.6 is 11.6 Å². The number of likely N-dealkylation sites (tertiary alicyclic amines) is 1. The van der Waals surface area contributed by atoms with Gasteiger partial charge in [-0.25, -0.2) is 0 Å². The maximum atomic E-state index is 12.4. The number of aromatic nitrogens is 2. The van der Waals surface area contributed by atoms with Crippen molar-refractivity contribution in [3.05, 3.63) is 51.9 Å². The molecule has 2 aromatic rings. The highest BCUT2D eigenvalue weighted by Gasteiger charge is 2.26. The van der Waals surface area contributed by atoms with E-state index in [4.69, 9.17) is 11.6 Å². The number of carbonyl (C=O) groups excluding carboxylic acids is 1. The van der Waals surface area contributed by atoms with Crippen molar-refractivity contribution in [2.75, 3.05) is 18.4 Å². The zero-order valence-electron chi connectivity index (χ0n) is 13.4. The second-order valence-electron chi connectivity index (χ2n) is 5.75. The van der Waals surface area contributed by atoms with Crippen molar-refractivity contribution < 1.29 is 4.79 Å². The molecule has 6 nitrogen and oxygen atoms in total. The molecule has 1 aromatic carbocycles. The Morgan fingerprint density at radius 2 is 2.12 bits per heavy atom. The first-order valence-electron chi connectivity index (χ1n) is 7.97. The summed E-state index contributed by atoms with van der Waals surface area (Å²) in [7, 11) is 0. The van der Waals surface area contributed by atoms with Crippen molar-refractivity contribution in [1.29, 1.82) is 0 Å². The number of rotatable bonds is 4. The number of carbonyl (C=O) groups is 1. The van der Waals surface area contributed by atoms with Crippen molar-refractivity contribution >= 4 is 23.2 Å². The van der Waals surface area contributed by atoms with Crippen LogP contribution in [-0.2, 0) is 4.79 Å². The number of halogens is 1. The van der Waals surface area contributed by atoms with Crippen molar-refractivity contribution in [3.8, 4) is 5.69 Å². The Hall–Kier alpha value is -2.34. The molecule has 1 amide bonds. The van der Waals surface area contributed by atoms with Gasteiger partial charge in [0.2, 0.25) is 5.91 Å². The molecule has 3 rings (SSSR count). The molecule has 2 heterocycles. The zero-order valence-corrected chi connectivity index (χ0v) is 14.2. The SMILES string of the molecule is CCC(=O)N1CCC(Nc2cnn(-c3ccccc3)c(=O)c2Cl)C1. The molecule has 1 unspecified atom stereocenters. The first-order chi connectivity index (χ1) is 11.6. The fourth-order valence-corrected chi connectivity index (χ4v) is 3.02. The van der Waals surface area contributed by atoms with Gasteiger partial charge in [-0.1, -0.05) is 36.7 Å². The Kier molecular flexibility index (Phi) is 4.85. The molecular formula is C17H19ClN4O2. The maximum Gasteiger partial charge on any atom is 0.292 e. The van der Waals surface area contributed by atoms with Gasteiger partial charge in [-0.2, -0.15) is 9.78 Å². The van der Waals surface area contributed by atoms with Crippen LogP contribution in [0.4, 0.5) is 5.69 Å². The van der Waals surface area contributed by atoms with Gasteiger partial charge in [-0.05, 0) is 18.6 Å². The van der Waals surface area contributed by atoms with Gasteiger partial charge in [0.1, 0.15) is 5.02 Å². The number of benzene rings is 1. The van der Waals surface area contributed by atoms with Crippen molar-refractivity contribution in [3.63, 3.8) is 0 Å². The number of hydrogen-bond acceptors (Lipinski definition) is 4. The highest BCUT2D eigenvalue weighted by Crippen LogP contribution is 2.21. The molecule has 7 heteroatoms. The lowest BCUT2D eigenvalue weighted by Crippen LogP contribution is -2.31. The van der Waals surface area contributed by atoms with Crippen LogP contribution in [0, 0.1) is 0 Å². The second kappa shape index (κ2) is 7.05. The minimum absolute atomic E-state index is 0.0757. The van der Waals surface area contributed by atoms with E-state index in [1.54, 1.807) is 18.3 Å². The van der Waals surface area contributed by atoms with Gasteiger partial charge in [0.25, 0.3) is 5.56 Å². The highest BCUT2D eigenvalue weighted by atomic mass is 35.5. The van der Waals surface area contributed by atoms with Crippen LogP contribution < -0.4 is 10.9 Å². The molecule has 0 spiro atoms. The first-order valence-corrected chi connectivity index (χ1v) is 8.35. The molecule has 126 valence electrons. The number of para-hydroxylation sites is 1. The van der Waals surface area contributed by atoms with Gasteiger partial charge < -0.3 is 10.2 Å². The Bertz CT molecular complexity index is 791. The lowest BCUT2D eigenvalue weighted by atomic mass is 10.2. The van der Waals surface area contributed by atoms with Gasteiger partial charge in [0, 0.05) is 25.6 Å². The predicted octanol–water partition coefficient (Wildman–Crippen LogP) is 2.31. The third-order valence-electron chi connectivity index (χ3n) is 4.12. The van der Waals surface area contributed by atoms with Crippen LogP contribution in [0.2, 0.25) is 5.02 Å². The minimum Gasteiger partial charge on any atom is -0.378 e. The lowest BCUT2D eigenvalue weighted by Gasteiger charge is -2.17. The quantitative estimate of drug-likeness (QED) is 0.922. The summed E-state index contributed by atoms with van der Waals surface area (Å²) in [6.07, 6.45) is 2.88.